The van der Waals surface area contributed by atoms with Gasteiger partial charge >= 0.3 is 6.18 Å². The van der Waals surface area contributed by atoms with Gasteiger partial charge in [-0.05, 0) is 18.3 Å². The first kappa shape index (κ1) is 13.6. The number of halogens is 3. The first-order valence-electron chi connectivity index (χ1n) is 6.11. The van der Waals surface area contributed by atoms with Crippen LogP contribution >= 0.6 is 11.3 Å². The predicted octanol–water partition coefficient (Wildman–Crippen LogP) is 3.80. The SMILES string of the molecule is CC1CCCCC1CNc1nnc(C(F)(F)F)s1. The molecular weight excluding hydrogens is 263 g/mol. The molecule has 1 aromatic rings. The summed E-state index contributed by atoms with van der Waals surface area (Å²) in [7, 11) is 0. The minimum atomic E-state index is -4.39. The van der Waals surface area contributed by atoms with Crippen LogP contribution in [0.3, 0.4) is 0 Å². The quantitative estimate of drug-likeness (QED) is 0.914. The Bertz CT molecular complexity index is 391. The molecule has 2 rings (SSSR count). The fraction of sp³-hybridized carbons (Fsp3) is 0.818. The molecule has 7 heteroatoms. The number of anilines is 1. The van der Waals surface area contributed by atoms with Crippen molar-refractivity contribution in [3.63, 3.8) is 0 Å². The Morgan fingerprint density at radius 3 is 2.61 bits per heavy atom. The molecule has 1 aromatic heterocycles. The first-order chi connectivity index (χ1) is 8.47. The number of nitrogens with one attached hydrogen (secondary N) is 1. The average molecular weight is 279 g/mol. The molecule has 3 nitrogen and oxygen atoms in total. The molecule has 1 saturated carbocycles. The number of alkyl halides is 3. The van der Waals surface area contributed by atoms with Crippen LogP contribution in [0.15, 0.2) is 0 Å². The van der Waals surface area contributed by atoms with Gasteiger partial charge in [0.25, 0.3) is 0 Å². The molecule has 0 spiro atoms. The molecule has 0 amide bonds. The molecule has 0 aromatic carbocycles. The number of nitrogens with zero attached hydrogens (tertiary/aromatic N) is 2. The maximum absolute atomic E-state index is 12.3. The third-order valence-electron chi connectivity index (χ3n) is 3.47. The molecule has 2 unspecified atom stereocenters. The van der Waals surface area contributed by atoms with E-state index >= 15 is 0 Å². The normalized spacial score (nSPS) is 25.1. The predicted molar refractivity (Wildman–Crippen MR) is 64.5 cm³/mol. The van der Waals surface area contributed by atoms with Crippen LogP contribution in [-0.2, 0) is 6.18 Å². The maximum Gasteiger partial charge on any atom is 0.445 e. The Hall–Kier alpha value is -0.850. The highest BCUT2D eigenvalue weighted by molar-refractivity contribution is 7.15. The highest BCUT2D eigenvalue weighted by Gasteiger charge is 2.35. The lowest BCUT2D eigenvalue weighted by Gasteiger charge is -2.28. The lowest BCUT2D eigenvalue weighted by atomic mass is 9.80. The van der Waals surface area contributed by atoms with Gasteiger partial charge in [0.2, 0.25) is 10.1 Å². The fourth-order valence-corrected chi connectivity index (χ4v) is 2.94. The Balaban J connectivity index is 1.88. The largest absolute Gasteiger partial charge is 0.445 e. The summed E-state index contributed by atoms with van der Waals surface area (Å²) in [6, 6.07) is 0. The van der Waals surface area contributed by atoms with Gasteiger partial charge in [0, 0.05) is 6.54 Å². The molecule has 1 N–H and O–H groups in total. The van der Waals surface area contributed by atoms with Gasteiger partial charge in [0.1, 0.15) is 0 Å². The van der Waals surface area contributed by atoms with Crippen molar-refractivity contribution in [2.75, 3.05) is 11.9 Å². The van der Waals surface area contributed by atoms with Gasteiger partial charge in [-0.1, -0.05) is 37.5 Å². The van der Waals surface area contributed by atoms with E-state index in [9.17, 15) is 13.2 Å². The molecule has 0 saturated heterocycles. The van der Waals surface area contributed by atoms with E-state index in [1.165, 1.54) is 19.3 Å². The molecule has 2 atom stereocenters. The van der Waals surface area contributed by atoms with E-state index in [1.807, 2.05) is 0 Å². The van der Waals surface area contributed by atoms with Crippen LogP contribution < -0.4 is 5.32 Å². The van der Waals surface area contributed by atoms with E-state index in [4.69, 9.17) is 0 Å². The second kappa shape index (κ2) is 5.42. The standard InChI is InChI=1S/C11H16F3N3S/c1-7-4-2-3-5-8(7)6-15-10-17-16-9(18-10)11(12,13)14/h7-8H,2-6H2,1H3,(H,15,17). The van der Waals surface area contributed by atoms with Gasteiger partial charge in [-0.15, -0.1) is 10.2 Å². The molecule has 0 aliphatic heterocycles. The Kier molecular flexibility index (Phi) is 4.09. The van der Waals surface area contributed by atoms with Crippen LogP contribution in [0.4, 0.5) is 18.3 Å². The molecule has 1 aliphatic rings. The van der Waals surface area contributed by atoms with E-state index in [-0.39, 0.29) is 5.13 Å². The van der Waals surface area contributed by atoms with E-state index in [0.29, 0.717) is 29.7 Å². The summed E-state index contributed by atoms with van der Waals surface area (Å²) < 4.78 is 37.0. The van der Waals surface area contributed by atoms with Gasteiger partial charge in [-0.3, -0.25) is 0 Å². The van der Waals surface area contributed by atoms with E-state index < -0.39 is 11.2 Å². The number of rotatable bonds is 3. The van der Waals surface area contributed by atoms with Crippen LogP contribution in [0, 0.1) is 11.8 Å². The zero-order chi connectivity index (χ0) is 13.2. The third kappa shape index (κ3) is 3.34. The van der Waals surface area contributed by atoms with E-state index in [0.717, 1.165) is 6.42 Å². The van der Waals surface area contributed by atoms with Gasteiger partial charge in [0.15, 0.2) is 0 Å². The monoisotopic (exact) mass is 279 g/mol. The van der Waals surface area contributed by atoms with Crippen LogP contribution in [0.5, 0.6) is 0 Å². The van der Waals surface area contributed by atoms with Crippen molar-refractivity contribution in [3.05, 3.63) is 5.01 Å². The maximum atomic E-state index is 12.3. The summed E-state index contributed by atoms with van der Waals surface area (Å²) >= 11 is 0.571. The van der Waals surface area contributed by atoms with Crippen LogP contribution in [0.25, 0.3) is 0 Å². The van der Waals surface area contributed by atoms with E-state index in [2.05, 4.69) is 22.4 Å². The molecule has 1 fully saturated rings. The molecular formula is C11H16F3N3S. The second-order valence-electron chi connectivity index (χ2n) is 4.81. The highest BCUT2D eigenvalue weighted by Crippen LogP contribution is 2.34. The van der Waals surface area contributed by atoms with Crippen molar-refractivity contribution in [2.24, 2.45) is 11.8 Å². The number of hydrogen-bond acceptors (Lipinski definition) is 4. The highest BCUT2D eigenvalue weighted by atomic mass is 32.1. The van der Waals surface area contributed by atoms with Crippen molar-refractivity contribution >= 4 is 16.5 Å². The molecule has 1 aliphatic carbocycles. The fourth-order valence-electron chi connectivity index (χ4n) is 2.32. The Labute approximate surface area is 108 Å². The zero-order valence-electron chi connectivity index (χ0n) is 10.1. The van der Waals surface area contributed by atoms with Crippen LogP contribution in [-0.4, -0.2) is 16.7 Å². The summed E-state index contributed by atoms with van der Waals surface area (Å²) in [5.41, 5.74) is 0. The average Bonchev–Trinajstić information content (AvgIpc) is 2.76. The lowest BCUT2D eigenvalue weighted by molar-refractivity contribution is -0.138. The molecule has 0 radical (unpaired) electrons. The third-order valence-corrected chi connectivity index (χ3v) is 4.40. The Morgan fingerprint density at radius 2 is 2.00 bits per heavy atom. The topological polar surface area (TPSA) is 37.8 Å². The summed E-state index contributed by atoms with van der Waals surface area (Å²) in [6.07, 6.45) is 0.417. The van der Waals surface area contributed by atoms with E-state index in [1.54, 1.807) is 0 Å². The molecule has 0 bridgehead atoms. The Morgan fingerprint density at radius 1 is 1.28 bits per heavy atom. The smallest absolute Gasteiger partial charge is 0.360 e. The number of aromatic nitrogens is 2. The summed E-state index contributed by atoms with van der Waals surface area (Å²) in [4.78, 5) is 0. The van der Waals surface area contributed by atoms with Crippen molar-refractivity contribution in [2.45, 2.75) is 38.8 Å². The van der Waals surface area contributed by atoms with Crippen LogP contribution in [0.2, 0.25) is 0 Å². The molecule has 18 heavy (non-hydrogen) atoms. The second-order valence-corrected chi connectivity index (χ2v) is 5.79. The van der Waals surface area contributed by atoms with Gasteiger partial charge in [-0.25, -0.2) is 0 Å². The number of hydrogen-bond donors (Lipinski definition) is 1. The van der Waals surface area contributed by atoms with Gasteiger partial charge in [-0.2, -0.15) is 13.2 Å². The van der Waals surface area contributed by atoms with Crippen molar-refractivity contribution in [3.8, 4) is 0 Å². The summed E-state index contributed by atoms with van der Waals surface area (Å²) in [5.74, 6) is 1.15. The van der Waals surface area contributed by atoms with Crippen molar-refractivity contribution in [1.29, 1.82) is 0 Å². The van der Waals surface area contributed by atoms with Crippen molar-refractivity contribution in [1.82, 2.24) is 10.2 Å². The summed E-state index contributed by atoms with van der Waals surface area (Å²) in [5, 5.41) is 9.04. The lowest BCUT2D eigenvalue weighted by Crippen LogP contribution is -2.24. The van der Waals surface area contributed by atoms with Crippen molar-refractivity contribution < 1.29 is 13.2 Å². The van der Waals surface area contributed by atoms with Crippen LogP contribution in [0.1, 0.15) is 37.6 Å². The van der Waals surface area contributed by atoms with Gasteiger partial charge < -0.3 is 5.32 Å². The zero-order valence-corrected chi connectivity index (χ0v) is 10.9. The molecule has 1 heterocycles. The summed E-state index contributed by atoms with van der Waals surface area (Å²) in [6.45, 7) is 2.89. The minimum absolute atomic E-state index is 0.264. The minimum Gasteiger partial charge on any atom is -0.360 e. The molecule has 102 valence electrons. The van der Waals surface area contributed by atoms with Gasteiger partial charge in [0.05, 0.1) is 0 Å². The first-order valence-corrected chi connectivity index (χ1v) is 6.93.